The summed E-state index contributed by atoms with van der Waals surface area (Å²) in [5, 5.41) is 0. The summed E-state index contributed by atoms with van der Waals surface area (Å²) in [5.74, 6) is -0.200. The smallest absolute Gasteiger partial charge is 0.125 e. The second kappa shape index (κ2) is 6.34. The van der Waals surface area contributed by atoms with E-state index in [1.807, 2.05) is 18.2 Å². The highest BCUT2D eigenvalue weighted by atomic mass is 19.1. The molecule has 2 nitrogen and oxygen atoms in total. The minimum Gasteiger partial charge on any atom is -0.367 e. The number of benzene rings is 2. The Labute approximate surface area is 113 Å². The van der Waals surface area contributed by atoms with Crippen LogP contribution in [0.15, 0.2) is 48.5 Å². The van der Waals surface area contributed by atoms with Crippen LogP contribution in [0.4, 0.5) is 10.1 Å². The molecule has 100 valence electrons. The maximum absolute atomic E-state index is 13.3. The Bertz CT molecular complexity index is 523. The van der Waals surface area contributed by atoms with Crippen LogP contribution in [-0.2, 0) is 13.1 Å². The van der Waals surface area contributed by atoms with Crippen LogP contribution in [0, 0.1) is 5.82 Å². The van der Waals surface area contributed by atoms with E-state index in [9.17, 15) is 4.39 Å². The van der Waals surface area contributed by atoms with Gasteiger partial charge in [-0.1, -0.05) is 30.3 Å². The average molecular weight is 258 g/mol. The fourth-order valence-corrected chi connectivity index (χ4v) is 2.06. The van der Waals surface area contributed by atoms with E-state index in [4.69, 9.17) is 5.73 Å². The molecule has 2 N–H and O–H groups in total. The Morgan fingerprint density at radius 2 is 1.74 bits per heavy atom. The fourth-order valence-electron chi connectivity index (χ4n) is 2.06. The Hall–Kier alpha value is -1.87. The summed E-state index contributed by atoms with van der Waals surface area (Å²) < 4.78 is 13.3. The molecule has 0 amide bonds. The topological polar surface area (TPSA) is 29.3 Å². The van der Waals surface area contributed by atoms with E-state index in [1.54, 1.807) is 12.1 Å². The zero-order valence-electron chi connectivity index (χ0n) is 11.1. The first-order valence-electron chi connectivity index (χ1n) is 6.51. The Morgan fingerprint density at radius 1 is 1.05 bits per heavy atom. The van der Waals surface area contributed by atoms with Crippen molar-refractivity contribution in [3.8, 4) is 0 Å². The molecule has 0 fully saturated rings. The maximum atomic E-state index is 13.3. The summed E-state index contributed by atoms with van der Waals surface area (Å²) >= 11 is 0. The lowest BCUT2D eigenvalue weighted by Crippen LogP contribution is -2.22. The number of anilines is 1. The van der Waals surface area contributed by atoms with Crippen molar-refractivity contribution in [2.75, 3.05) is 11.4 Å². The van der Waals surface area contributed by atoms with Crippen molar-refractivity contribution in [1.29, 1.82) is 0 Å². The van der Waals surface area contributed by atoms with Crippen LogP contribution in [0.1, 0.15) is 18.1 Å². The third-order valence-electron chi connectivity index (χ3n) is 3.19. The van der Waals surface area contributed by atoms with Gasteiger partial charge < -0.3 is 10.6 Å². The number of hydrogen-bond acceptors (Lipinski definition) is 2. The molecule has 0 aliphatic heterocycles. The molecule has 0 saturated heterocycles. The summed E-state index contributed by atoms with van der Waals surface area (Å²) in [4.78, 5) is 2.14. The molecule has 0 aliphatic carbocycles. The van der Waals surface area contributed by atoms with Gasteiger partial charge in [-0.2, -0.15) is 0 Å². The average Bonchev–Trinajstić information content (AvgIpc) is 2.45. The van der Waals surface area contributed by atoms with E-state index >= 15 is 0 Å². The van der Waals surface area contributed by atoms with Gasteiger partial charge in [-0.3, -0.25) is 0 Å². The summed E-state index contributed by atoms with van der Waals surface area (Å²) in [6.07, 6.45) is 0. The third-order valence-corrected chi connectivity index (χ3v) is 3.19. The molecule has 2 aromatic carbocycles. The van der Waals surface area contributed by atoms with Crippen LogP contribution in [0.5, 0.6) is 0 Å². The summed E-state index contributed by atoms with van der Waals surface area (Å²) in [6.45, 7) is 4.23. The lowest BCUT2D eigenvalue weighted by atomic mass is 10.1. The number of rotatable bonds is 5. The standard InChI is InChI=1S/C16H19FN2/c1-2-19(16-5-3-4-15(17)10-16)12-14-8-6-13(11-18)7-9-14/h3-10H,2,11-12,18H2,1H3. The molecule has 19 heavy (non-hydrogen) atoms. The maximum Gasteiger partial charge on any atom is 0.125 e. The fraction of sp³-hybridized carbons (Fsp3) is 0.250. The van der Waals surface area contributed by atoms with Gasteiger partial charge in [-0.15, -0.1) is 0 Å². The number of nitrogens with zero attached hydrogens (tertiary/aromatic N) is 1. The molecular formula is C16H19FN2. The van der Waals surface area contributed by atoms with Crippen LogP contribution in [0.3, 0.4) is 0 Å². The first kappa shape index (κ1) is 13.6. The summed E-state index contributed by atoms with van der Waals surface area (Å²) in [7, 11) is 0. The largest absolute Gasteiger partial charge is 0.367 e. The molecule has 0 aliphatic rings. The van der Waals surface area contributed by atoms with Crippen LogP contribution in [-0.4, -0.2) is 6.54 Å². The van der Waals surface area contributed by atoms with Gasteiger partial charge in [0.1, 0.15) is 5.82 Å². The molecule has 0 saturated carbocycles. The van der Waals surface area contributed by atoms with E-state index in [2.05, 4.69) is 24.0 Å². The molecule has 0 spiro atoms. The molecule has 0 unspecified atom stereocenters. The third kappa shape index (κ3) is 3.55. The minimum absolute atomic E-state index is 0.200. The van der Waals surface area contributed by atoms with E-state index in [0.717, 1.165) is 24.3 Å². The van der Waals surface area contributed by atoms with Crippen LogP contribution >= 0.6 is 0 Å². The van der Waals surface area contributed by atoms with Gasteiger partial charge in [-0.05, 0) is 36.2 Å². The second-order valence-corrected chi connectivity index (χ2v) is 4.51. The molecule has 0 atom stereocenters. The molecule has 2 rings (SSSR count). The molecule has 0 radical (unpaired) electrons. The SMILES string of the molecule is CCN(Cc1ccc(CN)cc1)c1cccc(F)c1. The second-order valence-electron chi connectivity index (χ2n) is 4.51. The quantitative estimate of drug-likeness (QED) is 0.891. The highest BCUT2D eigenvalue weighted by Crippen LogP contribution is 2.18. The van der Waals surface area contributed by atoms with Crippen molar-refractivity contribution < 1.29 is 4.39 Å². The highest BCUT2D eigenvalue weighted by molar-refractivity contribution is 5.47. The summed E-state index contributed by atoms with van der Waals surface area (Å²) in [5.41, 5.74) is 8.81. The normalized spacial score (nSPS) is 10.5. The van der Waals surface area contributed by atoms with Gasteiger partial charge in [0.25, 0.3) is 0 Å². The lowest BCUT2D eigenvalue weighted by molar-refractivity contribution is 0.626. The van der Waals surface area contributed by atoms with E-state index < -0.39 is 0 Å². The molecular weight excluding hydrogens is 239 g/mol. The Morgan fingerprint density at radius 3 is 2.32 bits per heavy atom. The van der Waals surface area contributed by atoms with Crippen molar-refractivity contribution in [3.63, 3.8) is 0 Å². The number of halogens is 1. The van der Waals surface area contributed by atoms with Crippen molar-refractivity contribution in [3.05, 3.63) is 65.5 Å². The van der Waals surface area contributed by atoms with Gasteiger partial charge in [-0.25, -0.2) is 4.39 Å². The molecule has 0 aromatic heterocycles. The van der Waals surface area contributed by atoms with Crippen molar-refractivity contribution in [1.82, 2.24) is 0 Å². The minimum atomic E-state index is -0.200. The lowest BCUT2D eigenvalue weighted by Gasteiger charge is -2.23. The number of nitrogens with two attached hydrogens (primary N) is 1. The van der Waals surface area contributed by atoms with Crippen LogP contribution in [0.2, 0.25) is 0 Å². The zero-order valence-corrected chi connectivity index (χ0v) is 11.1. The van der Waals surface area contributed by atoms with E-state index in [0.29, 0.717) is 6.54 Å². The number of hydrogen-bond donors (Lipinski definition) is 1. The molecule has 0 heterocycles. The van der Waals surface area contributed by atoms with Crippen LogP contribution < -0.4 is 10.6 Å². The van der Waals surface area contributed by atoms with Gasteiger partial charge in [0, 0.05) is 25.3 Å². The van der Waals surface area contributed by atoms with Crippen molar-refractivity contribution in [2.45, 2.75) is 20.0 Å². The predicted molar refractivity (Wildman–Crippen MR) is 77.5 cm³/mol. The molecule has 2 aromatic rings. The van der Waals surface area contributed by atoms with Crippen molar-refractivity contribution in [2.24, 2.45) is 5.73 Å². The van der Waals surface area contributed by atoms with Crippen LogP contribution in [0.25, 0.3) is 0 Å². The van der Waals surface area contributed by atoms with Gasteiger partial charge >= 0.3 is 0 Å². The van der Waals surface area contributed by atoms with Gasteiger partial charge in [0.2, 0.25) is 0 Å². The van der Waals surface area contributed by atoms with Crippen molar-refractivity contribution >= 4 is 5.69 Å². The Balaban J connectivity index is 2.14. The van der Waals surface area contributed by atoms with E-state index in [-0.39, 0.29) is 5.82 Å². The van der Waals surface area contributed by atoms with E-state index in [1.165, 1.54) is 11.6 Å². The zero-order chi connectivity index (χ0) is 13.7. The van der Waals surface area contributed by atoms with Gasteiger partial charge in [0.15, 0.2) is 0 Å². The van der Waals surface area contributed by atoms with Gasteiger partial charge in [0.05, 0.1) is 0 Å². The Kier molecular flexibility index (Phi) is 4.53. The monoisotopic (exact) mass is 258 g/mol. The first-order valence-corrected chi connectivity index (χ1v) is 6.51. The predicted octanol–water partition coefficient (Wildman–Crippen LogP) is 3.31. The molecule has 0 bridgehead atoms. The first-order chi connectivity index (χ1) is 9.22. The summed E-state index contributed by atoms with van der Waals surface area (Å²) in [6, 6.07) is 14.9. The molecule has 3 heteroatoms. The highest BCUT2D eigenvalue weighted by Gasteiger charge is 2.06.